The lowest BCUT2D eigenvalue weighted by Crippen LogP contribution is -2.33. The number of aromatic nitrogens is 3. The molecule has 0 aliphatic carbocycles. The number of aliphatic hydroxyl groups is 1. The number of rotatable bonds is 4. The van der Waals surface area contributed by atoms with E-state index in [1.165, 1.54) is 0 Å². The zero-order valence-corrected chi connectivity index (χ0v) is 14.1. The van der Waals surface area contributed by atoms with Crippen LogP contribution in [0.4, 0.5) is 11.8 Å². The first kappa shape index (κ1) is 15.9. The molecule has 0 aromatic carbocycles. The molecule has 7 nitrogen and oxygen atoms in total. The van der Waals surface area contributed by atoms with Crippen molar-refractivity contribution in [2.45, 2.75) is 32.9 Å². The van der Waals surface area contributed by atoms with Crippen LogP contribution in [0.2, 0.25) is 0 Å². The molecule has 3 heterocycles. The Kier molecular flexibility index (Phi) is 4.32. The molecule has 3 N–H and O–H groups in total. The standard InChI is InChI=1S/C16H24N6O/c1-5-22-7-11(12(23)8-22)19-16-20-14(17-4)13-9(2)6-10(3)18-15(13)21-16/h6,11-12,23H,5,7-8H2,1-4H3,(H2,17,18,19,20,21). The van der Waals surface area contributed by atoms with Crippen molar-refractivity contribution in [3.05, 3.63) is 17.3 Å². The number of aliphatic hydroxyl groups excluding tert-OH is 1. The fourth-order valence-corrected chi connectivity index (χ4v) is 3.16. The number of pyridine rings is 1. The maximum atomic E-state index is 10.2. The van der Waals surface area contributed by atoms with E-state index in [-0.39, 0.29) is 6.04 Å². The molecule has 7 heteroatoms. The molecule has 1 aliphatic rings. The predicted molar refractivity (Wildman–Crippen MR) is 91.9 cm³/mol. The van der Waals surface area contributed by atoms with Gasteiger partial charge in [0.05, 0.1) is 17.5 Å². The molecule has 1 saturated heterocycles. The van der Waals surface area contributed by atoms with Crippen LogP contribution >= 0.6 is 0 Å². The number of likely N-dealkylation sites (N-methyl/N-ethyl adjacent to an activating group) is 1. The van der Waals surface area contributed by atoms with Gasteiger partial charge in [0.15, 0.2) is 5.65 Å². The van der Waals surface area contributed by atoms with Gasteiger partial charge in [0, 0.05) is 25.8 Å². The normalized spacial score (nSPS) is 21.8. The van der Waals surface area contributed by atoms with Crippen molar-refractivity contribution in [3.63, 3.8) is 0 Å². The van der Waals surface area contributed by atoms with Gasteiger partial charge in [-0.15, -0.1) is 0 Å². The van der Waals surface area contributed by atoms with Gasteiger partial charge in [-0.1, -0.05) is 6.92 Å². The SMILES string of the molecule is CCN1CC(O)C(Nc2nc(NC)c3c(C)cc(C)nc3n2)C1. The van der Waals surface area contributed by atoms with Gasteiger partial charge < -0.3 is 15.7 Å². The number of likely N-dealkylation sites (tertiary alicyclic amines) is 1. The van der Waals surface area contributed by atoms with Crippen molar-refractivity contribution >= 4 is 22.8 Å². The average molecular weight is 316 g/mol. The molecule has 2 aromatic rings. The van der Waals surface area contributed by atoms with Crippen LogP contribution in [0, 0.1) is 13.8 Å². The summed E-state index contributed by atoms with van der Waals surface area (Å²) in [5, 5.41) is 17.5. The van der Waals surface area contributed by atoms with Gasteiger partial charge in [0.25, 0.3) is 0 Å². The first-order chi connectivity index (χ1) is 11.0. The quantitative estimate of drug-likeness (QED) is 0.780. The van der Waals surface area contributed by atoms with E-state index < -0.39 is 6.10 Å². The van der Waals surface area contributed by atoms with Crippen LogP contribution < -0.4 is 10.6 Å². The third kappa shape index (κ3) is 3.07. The van der Waals surface area contributed by atoms with Gasteiger partial charge >= 0.3 is 0 Å². The summed E-state index contributed by atoms with van der Waals surface area (Å²) >= 11 is 0. The average Bonchev–Trinajstić information content (AvgIpc) is 2.86. The number of nitrogens with zero attached hydrogens (tertiary/aromatic N) is 4. The number of anilines is 2. The van der Waals surface area contributed by atoms with Crippen molar-refractivity contribution in [1.29, 1.82) is 0 Å². The highest BCUT2D eigenvalue weighted by Gasteiger charge is 2.31. The molecule has 23 heavy (non-hydrogen) atoms. The summed E-state index contributed by atoms with van der Waals surface area (Å²) in [7, 11) is 1.84. The molecule has 2 aromatic heterocycles. The van der Waals surface area contributed by atoms with Gasteiger partial charge in [0.2, 0.25) is 5.95 Å². The molecule has 0 radical (unpaired) electrons. The number of β-amino-alcohol motifs (C(OH)–C–C–N with tert-alkyl or cyclic N) is 1. The van der Waals surface area contributed by atoms with Crippen molar-refractivity contribution in [2.24, 2.45) is 0 Å². The fraction of sp³-hybridized carbons (Fsp3) is 0.562. The highest BCUT2D eigenvalue weighted by atomic mass is 16.3. The Morgan fingerprint density at radius 1 is 1.26 bits per heavy atom. The second-order valence-corrected chi connectivity index (χ2v) is 6.10. The monoisotopic (exact) mass is 316 g/mol. The minimum absolute atomic E-state index is 0.0667. The first-order valence-electron chi connectivity index (χ1n) is 8.02. The molecule has 124 valence electrons. The third-order valence-electron chi connectivity index (χ3n) is 4.36. The molecule has 0 saturated carbocycles. The molecular weight excluding hydrogens is 292 g/mol. The second kappa shape index (κ2) is 6.25. The fourth-order valence-electron chi connectivity index (χ4n) is 3.16. The van der Waals surface area contributed by atoms with Crippen LogP contribution in [0.1, 0.15) is 18.2 Å². The topological polar surface area (TPSA) is 86.2 Å². The number of fused-ring (bicyclic) bond motifs is 1. The van der Waals surface area contributed by atoms with Gasteiger partial charge in [-0.05, 0) is 32.0 Å². The molecule has 2 atom stereocenters. The molecule has 1 aliphatic heterocycles. The van der Waals surface area contributed by atoms with E-state index in [9.17, 15) is 5.11 Å². The lowest BCUT2D eigenvalue weighted by Gasteiger charge is -2.17. The van der Waals surface area contributed by atoms with E-state index >= 15 is 0 Å². The molecule has 2 unspecified atom stereocenters. The lowest BCUT2D eigenvalue weighted by molar-refractivity contribution is 0.170. The Morgan fingerprint density at radius 3 is 2.70 bits per heavy atom. The molecule has 3 rings (SSSR count). The Hall–Kier alpha value is -1.99. The highest BCUT2D eigenvalue weighted by molar-refractivity contribution is 5.90. The van der Waals surface area contributed by atoms with Gasteiger partial charge in [-0.25, -0.2) is 4.98 Å². The third-order valence-corrected chi connectivity index (χ3v) is 4.36. The van der Waals surface area contributed by atoms with Crippen molar-refractivity contribution in [3.8, 4) is 0 Å². The molecule has 0 bridgehead atoms. The number of nitrogens with one attached hydrogen (secondary N) is 2. The summed E-state index contributed by atoms with van der Waals surface area (Å²) in [6, 6.07) is 1.96. The van der Waals surface area contributed by atoms with Crippen LogP contribution in [0.3, 0.4) is 0 Å². The minimum Gasteiger partial charge on any atom is -0.390 e. The molecule has 1 fully saturated rings. The summed E-state index contributed by atoms with van der Waals surface area (Å²) in [6.45, 7) is 8.48. The van der Waals surface area contributed by atoms with Crippen LogP contribution in [-0.2, 0) is 0 Å². The summed E-state index contributed by atoms with van der Waals surface area (Å²) < 4.78 is 0. The Bertz CT molecular complexity index is 719. The molecular formula is C16H24N6O. The second-order valence-electron chi connectivity index (χ2n) is 6.10. The van der Waals surface area contributed by atoms with E-state index in [1.54, 1.807) is 0 Å². The zero-order valence-electron chi connectivity index (χ0n) is 14.1. The number of aryl methyl sites for hydroxylation is 2. The predicted octanol–water partition coefficient (Wildman–Crippen LogP) is 1.16. The first-order valence-corrected chi connectivity index (χ1v) is 8.02. The van der Waals surface area contributed by atoms with Crippen LogP contribution in [0.5, 0.6) is 0 Å². The van der Waals surface area contributed by atoms with E-state index in [0.29, 0.717) is 18.1 Å². The van der Waals surface area contributed by atoms with Gasteiger partial charge in [0.1, 0.15) is 5.82 Å². The smallest absolute Gasteiger partial charge is 0.227 e. The Balaban J connectivity index is 1.96. The van der Waals surface area contributed by atoms with Gasteiger partial charge in [-0.2, -0.15) is 9.97 Å². The summed E-state index contributed by atoms with van der Waals surface area (Å²) in [4.78, 5) is 15.8. The van der Waals surface area contributed by atoms with Crippen LogP contribution in [0.15, 0.2) is 6.07 Å². The van der Waals surface area contributed by atoms with Crippen molar-refractivity contribution in [1.82, 2.24) is 19.9 Å². The maximum absolute atomic E-state index is 10.2. The Morgan fingerprint density at radius 2 is 2.04 bits per heavy atom. The van der Waals surface area contributed by atoms with Crippen LogP contribution in [0.25, 0.3) is 11.0 Å². The number of hydrogen-bond acceptors (Lipinski definition) is 7. The highest BCUT2D eigenvalue weighted by Crippen LogP contribution is 2.25. The summed E-state index contributed by atoms with van der Waals surface area (Å²) in [5.41, 5.74) is 2.70. The van der Waals surface area contributed by atoms with E-state index in [2.05, 4.69) is 37.4 Å². The maximum Gasteiger partial charge on any atom is 0.227 e. The number of hydrogen-bond donors (Lipinski definition) is 3. The summed E-state index contributed by atoms with van der Waals surface area (Å²) in [5.74, 6) is 1.25. The summed E-state index contributed by atoms with van der Waals surface area (Å²) in [6.07, 6.45) is -0.417. The van der Waals surface area contributed by atoms with E-state index in [0.717, 1.165) is 35.6 Å². The van der Waals surface area contributed by atoms with Crippen molar-refractivity contribution < 1.29 is 5.11 Å². The zero-order chi connectivity index (χ0) is 16.6. The Labute approximate surface area is 136 Å². The van der Waals surface area contributed by atoms with Crippen LogP contribution in [-0.4, -0.2) is 63.8 Å². The van der Waals surface area contributed by atoms with Crippen molar-refractivity contribution in [2.75, 3.05) is 37.3 Å². The molecule has 0 amide bonds. The lowest BCUT2D eigenvalue weighted by atomic mass is 10.1. The minimum atomic E-state index is -0.417. The largest absolute Gasteiger partial charge is 0.390 e. The molecule has 0 spiro atoms. The van der Waals surface area contributed by atoms with Gasteiger partial charge in [-0.3, -0.25) is 4.90 Å². The van der Waals surface area contributed by atoms with E-state index in [4.69, 9.17) is 0 Å². The van der Waals surface area contributed by atoms with E-state index in [1.807, 2.05) is 27.0 Å².